The van der Waals surface area contributed by atoms with E-state index in [1.165, 1.54) is 24.1 Å². The number of benzene rings is 2. The van der Waals surface area contributed by atoms with Crippen LogP contribution in [-0.2, 0) is 11.2 Å². The van der Waals surface area contributed by atoms with Crippen LogP contribution in [0, 0.1) is 17.8 Å². The van der Waals surface area contributed by atoms with Crippen LogP contribution < -0.4 is 4.90 Å². The van der Waals surface area contributed by atoms with Crippen molar-refractivity contribution in [1.29, 1.82) is 0 Å². The van der Waals surface area contributed by atoms with E-state index in [1.54, 1.807) is 6.08 Å². The van der Waals surface area contributed by atoms with Crippen LogP contribution in [0.1, 0.15) is 24.0 Å². The van der Waals surface area contributed by atoms with Crippen molar-refractivity contribution in [2.24, 2.45) is 5.92 Å². The largest absolute Gasteiger partial charge is 0.366 e. The minimum Gasteiger partial charge on any atom is -0.366 e. The maximum absolute atomic E-state index is 13.0. The number of amides is 1. The Kier molecular flexibility index (Phi) is 7.19. The van der Waals surface area contributed by atoms with Crippen molar-refractivity contribution in [1.82, 2.24) is 9.80 Å². The highest BCUT2D eigenvalue weighted by Gasteiger charge is 2.31. The molecule has 3 aliphatic rings. The molecule has 0 bridgehead atoms. The zero-order chi connectivity index (χ0) is 24.0. The smallest absolute Gasteiger partial charge is 0.242 e. The van der Waals surface area contributed by atoms with E-state index in [-0.39, 0.29) is 5.91 Å². The van der Waals surface area contributed by atoms with Gasteiger partial charge in [-0.25, -0.2) is 0 Å². The molecule has 2 atom stereocenters. The molecule has 2 aromatic rings. The van der Waals surface area contributed by atoms with Crippen LogP contribution in [0.2, 0.25) is 0 Å². The first-order chi connectivity index (χ1) is 17.2. The van der Waals surface area contributed by atoms with Crippen molar-refractivity contribution >= 4 is 17.2 Å². The summed E-state index contributed by atoms with van der Waals surface area (Å²) in [5.41, 5.74) is 8.21. The topological polar surface area (TPSA) is 26.8 Å². The normalized spacial score (nSPS) is 22.5. The van der Waals surface area contributed by atoms with Gasteiger partial charge in [0, 0.05) is 45.0 Å². The molecule has 1 aliphatic carbocycles. The lowest BCUT2D eigenvalue weighted by atomic mass is 9.94. The van der Waals surface area contributed by atoms with Gasteiger partial charge in [0.15, 0.2) is 0 Å². The minimum absolute atomic E-state index is 0.0451. The molecule has 35 heavy (non-hydrogen) atoms. The number of para-hydroxylation sites is 1. The van der Waals surface area contributed by atoms with Crippen LogP contribution in [0.15, 0.2) is 78.6 Å². The minimum atomic E-state index is -0.448. The van der Waals surface area contributed by atoms with Gasteiger partial charge in [-0.3, -0.25) is 9.69 Å². The summed E-state index contributed by atoms with van der Waals surface area (Å²) in [7, 11) is 1.89. The molecule has 1 unspecified atom stereocenters. The number of allylic oxidation sites excluding steroid dienone is 2. The summed E-state index contributed by atoms with van der Waals surface area (Å²) >= 11 is 0. The molecule has 2 aliphatic heterocycles. The summed E-state index contributed by atoms with van der Waals surface area (Å²) in [5, 5.41) is 0. The highest BCUT2D eigenvalue weighted by molar-refractivity contribution is 5.84. The third kappa shape index (κ3) is 5.43. The number of hydrogen-bond donors (Lipinski definition) is 0. The highest BCUT2D eigenvalue weighted by atomic mass is 16.2. The molecule has 1 amide bonds. The van der Waals surface area contributed by atoms with Gasteiger partial charge >= 0.3 is 0 Å². The Hall–Kier alpha value is -3.51. The van der Waals surface area contributed by atoms with Gasteiger partial charge in [-0.15, -0.1) is 5.73 Å². The van der Waals surface area contributed by atoms with E-state index in [1.807, 2.05) is 42.3 Å². The Morgan fingerprint density at radius 1 is 1.09 bits per heavy atom. The maximum Gasteiger partial charge on any atom is 0.242 e. The van der Waals surface area contributed by atoms with Crippen LogP contribution in [0.4, 0.5) is 5.69 Å². The lowest BCUT2D eigenvalue weighted by molar-refractivity contribution is -0.131. The van der Waals surface area contributed by atoms with E-state index in [4.69, 9.17) is 0 Å². The first kappa shape index (κ1) is 23.2. The Labute approximate surface area is 209 Å². The van der Waals surface area contributed by atoms with E-state index in [2.05, 4.69) is 63.8 Å². The first-order valence-electron chi connectivity index (χ1n) is 12.7. The highest BCUT2D eigenvalue weighted by Crippen LogP contribution is 2.32. The van der Waals surface area contributed by atoms with Crippen molar-refractivity contribution in [2.75, 3.05) is 44.7 Å². The molecule has 0 saturated carbocycles. The molecule has 178 valence electrons. The standard InChI is InChI=1S/C31H33N3O/c1-32(31(35)28-15-7-13-26(14-8-16-28)25-10-3-2-4-11-25)20-9-21-33-22-23-34-29(24-33)19-18-27-12-5-6-17-30(27)34/h2-6,10-15,17,28-29H,9,18-24H2,1H3/b26-14+/t7?,28-,29?/m0/s1. The van der Waals surface area contributed by atoms with E-state index in [9.17, 15) is 4.79 Å². The molecule has 4 nitrogen and oxygen atoms in total. The molecule has 0 aromatic heterocycles. The van der Waals surface area contributed by atoms with Crippen LogP contribution >= 0.6 is 0 Å². The fourth-order valence-electron chi connectivity index (χ4n) is 5.35. The molecule has 2 aromatic carbocycles. The number of nitrogens with zero attached hydrogens (tertiary/aromatic N) is 3. The van der Waals surface area contributed by atoms with Crippen LogP contribution in [0.3, 0.4) is 0 Å². The van der Waals surface area contributed by atoms with E-state index < -0.39 is 5.92 Å². The monoisotopic (exact) mass is 463 g/mol. The number of carbonyl (C=O) groups excluding carboxylic acids is 1. The SMILES string of the molecule is CN(CCCN1CCN2c3ccccc3CCC2C1)C(=O)[C@@H]1C#C/C=C(/c2ccccc2)C=C=C1. The van der Waals surface area contributed by atoms with Crippen LogP contribution in [-0.4, -0.2) is 61.5 Å². The predicted molar refractivity (Wildman–Crippen MR) is 143 cm³/mol. The third-order valence-corrected chi connectivity index (χ3v) is 7.30. The molecule has 0 spiro atoms. The average Bonchev–Trinajstić information content (AvgIpc) is 2.88. The first-order valence-corrected chi connectivity index (χ1v) is 12.7. The molecule has 2 heterocycles. The number of anilines is 1. The quantitative estimate of drug-likeness (QED) is 0.469. The Morgan fingerprint density at radius 3 is 2.80 bits per heavy atom. The maximum atomic E-state index is 13.0. The molecule has 0 radical (unpaired) electrons. The van der Waals surface area contributed by atoms with Gasteiger partial charge in [0.2, 0.25) is 5.91 Å². The number of piperazine rings is 1. The molecule has 1 saturated heterocycles. The molecule has 5 rings (SSSR count). The van der Waals surface area contributed by atoms with Gasteiger partial charge in [0.1, 0.15) is 5.92 Å². The van der Waals surface area contributed by atoms with Gasteiger partial charge in [-0.1, -0.05) is 60.4 Å². The Morgan fingerprint density at radius 2 is 1.91 bits per heavy atom. The zero-order valence-electron chi connectivity index (χ0n) is 20.5. The summed E-state index contributed by atoms with van der Waals surface area (Å²) in [5.74, 6) is 5.79. The Bertz CT molecular complexity index is 1210. The van der Waals surface area contributed by atoms with E-state index in [0.29, 0.717) is 6.04 Å². The molecular formula is C31H33N3O. The van der Waals surface area contributed by atoms with Crippen LogP contribution in [0.25, 0.3) is 5.57 Å². The predicted octanol–water partition coefficient (Wildman–Crippen LogP) is 4.40. The van der Waals surface area contributed by atoms with Crippen molar-refractivity contribution in [2.45, 2.75) is 25.3 Å². The summed E-state index contributed by atoms with van der Waals surface area (Å²) in [4.78, 5) is 20.0. The summed E-state index contributed by atoms with van der Waals surface area (Å²) in [6.45, 7) is 5.06. The molecule has 4 heteroatoms. The van der Waals surface area contributed by atoms with Crippen molar-refractivity contribution in [3.05, 3.63) is 89.7 Å². The number of aryl methyl sites for hydroxylation is 1. The Balaban J connectivity index is 1.11. The number of carbonyl (C=O) groups is 1. The third-order valence-electron chi connectivity index (χ3n) is 7.30. The molecule has 0 N–H and O–H groups in total. The van der Waals surface area contributed by atoms with Crippen molar-refractivity contribution < 1.29 is 4.79 Å². The average molecular weight is 464 g/mol. The second-order valence-corrected chi connectivity index (χ2v) is 9.64. The lowest BCUT2D eigenvalue weighted by Gasteiger charge is -2.46. The van der Waals surface area contributed by atoms with Gasteiger partial charge < -0.3 is 9.80 Å². The number of hydrogen-bond acceptors (Lipinski definition) is 3. The van der Waals surface area contributed by atoms with Gasteiger partial charge in [-0.2, -0.15) is 0 Å². The molecular weight excluding hydrogens is 430 g/mol. The van der Waals surface area contributed by atoms with Crippen LogP contribution in [0.5, 0.6) is 0 Å². The van der Waals surface area contributed by atoms with E-state index >= 15 is 0 Å². The number of rotatable bonds is 6. The van der Waals surface area contributed by atoms with Gasteiger partial charge in [-0.05, 0) is 66.8 Å². The van der Waals surface area contributed by atoms with Crippen molar-refractivity contribution in [3.63, 3.8) is 0 Å². The summed E-state index contributed by atoms with van der Waals surface area (Å²) in [6, 6.07) is 19.6. The molecule has 1 fully saturated rings. The van der Waals surface area contributed by atoms with Crippen molar-refractivity contribution in [3.8, 4) is 11.8 Å². The number of fused-ring (bicyclic) bond motifs is 3. The van der Waals surface area contributed by atoms with Gasteiger partial charge in [0.25, 0.3) is 0 Å². The second kappa shape index (κ2) is 10.8. The zero-order valence-corrected chi connectivity index (χ0v) is 20.5. The fourth-order valence-corrected chi connectivity index (χ4v) is 5.35. The second-order valence-electron chi connectivity index (χ2n) is 9.64. The van der Waals surface area contributed by atoms with E-state index in [0.717, 1.165) is 50.3 Å². The lowest BCUT2D eigenvalue weighted by Crippen LogP contribution is -2.55. The fraction of sp³-hybridized carbons (Fsp3) is 0.355. The van der Waals surface area contributed by atoms with Gasteiger partial charge in [0.05, 0.1) is 0 Å². The summed E-state index contributed by atoms with van der Waals surface area (Å²) < 4.78 is 0. The summed E-state index contributed by atoms with van der Waals surface area (Å²) in [6.07, 6.45) is 8.96.